The highest BCUT2D eigenvalue weighted by molar-refractivity contribution is 5.84. The number of benzene rings is 1. The van der Waals surface area contributed by atoms with Crippen molar-refractivity contribution in [2.75, 3.05) is 7.11 Å². The molecule has 0 saturated heterocycles. The van der Waals surface area contributed by atoms with Gasteiger partial charge in [0.1, 0.15) is 17.0 Å². The second kappa shape index (κ2) is 3.23. The van der Waals surface area contributed by atoms with Gasteiger partial charge in [0.05, 0.1) is 12.6 Å². The molecule has 0 saturated carbocycles. The maximum atomic E-state index is 13.3. The van der Waals surface area contributed by atoms with Crippen molar-refractivity contribution in [2.45, 2.75) is 0 Å². The lowest BCUT2D eigenvalue weighted by atomic mass is 10.2. The van der Waals surface area contributed by atoms with E-state index in [9.17, 15) is 14.0 Å². The van der Waals surface area contributed by atoms with Crippen molar-refractivity contribution in [3.63, 3.8) is 0 Å². The van der Waals surface area contributed by atoms with Gasteiger partial charge in [-0.15, -0.1) is 0 Å². The number of methoxy groups -OCH3 is 1. The summed E-state index contributed by atoms with van der Waals surface area (Å²) in [6.07, 6.45) is 0. The van der Waals surface area contributed by atoms with E-state index in [4.69, 9.17) is 4.74 Å². The summed E-state index contributed by atoms with van der Waals surface area (Å²) in [5.74, 6) is -1.56. The zero-order valence-electron chi connectivity index (χ0n) is 7.67. The van der Waals surface area contributed by atoms with Crippen LogP contribution in [0.5, 0.6) is 5.75 Å². The van der Waals surface area contributed by atoms with Gasteiger partial charge in [0, 0.05) is 0 Å². The lowest BCUT2D eigenvalue weighted by molar-refractivity contribution is 0.412. The third kappa shape index (κ3) is 1.39. The Balaban J connectivity index is 3.07. The van der Waals surface area contributed by atoms with E-state index in [1.807, 2.05) is 0 Å². The van der Waals surface area contributed by atoms with E-state index in [1.54, 1.807) is 0 Å². The van der Waals surface area contributed by atoms with Gasteiger partial charge in [-0.2, -0.15) is 0 Å². The highest BCUT2D eigenvalue weighted by Gasteiger charge is 2.12. The zero-order chi connectivity index (χ0) is 11.0. The Kier molecular flexibility index (Phi) is 2.03. The first-order valence-corrected chi connectivity index (χ1v) is 4.03. The lowest BCUT2D eigenvalue weighted by Crippen LogP contribution is -2.15. The molecule has 78 valence electrons. The van der Waals surface area contributed by atoms with Crippen molar-refractivity contribution in [1.82, 2.24) is 4.98 Å². The van der Waals surface area contributed by atoms with Crippen molar-refractivity contribution in [3.05, 3.63) is 38.9 Å². The van der Waals surface area contributed by atoms with E-state index in [1.165, 1.54) is 13.2 Å². The van der Waals surface area contributed by atoms with Gasteiger partial charge >= 0.3 is 11.4 Å². The quantitative estimate of drug-likeness (QED) is 0.750. The fourth-order valence-corrected chi connectivity index (χ4v) is 1.32. The van der Waals surface area contributed by atoms with Crippen LogP contribution in [-0.4, -0.2) is 12.1 Å². The van der Waals surface area contributed by atoms with Gasteiger partial charge in [-0.25, -0.2) is 14.0 Å². The Morgan fingerprint density at radius 1 is 1.40 bits per heavy atom. The number of fused-ring (bicyclic) bond motifs is 1. The number of nitrogens with one attached hydrogen (secondary N) is 1. The van der Waals surface area contributed by atoms with Gasteiger partial charge < -0.3 is 9.15 Å². The molecule has 0 radical (unpaired) electrons. The Morgan fingerprint density at radius 2 is 2.13 bits per heavy atom. The summed E-state index contributed by atoms with van der Waals surface area (Å²) in [5.41, 5.74) is -1.14. The molecular weight excluding hydrogens is 205 g/mol. The summed E-state index contributed by atoms with van der Waals surface area (Å²) in [7, 11) is 1.33. The molecule has 0 unspecified atom stereocenters. The minimum absolute atomic E-state index is 0.114. The fourth-order valence-electron chi connectivity index (χ4n) is 1.32. The number of halogens is 1. The normalized spacial score (nSPS) is 10.5. The van der Waals surface area contributed by atoms with Gasteiger partial charge in [-0.3, -0.25) is 4.98 Å². The van der Waals surface area contributed by atoms with E-state index in [-0.39, 0.29) is 16.7 Å². The van der Waals surface area contributed by atoms with Crippen LogP contribution in [0.25, 0.3) is 10.9 Å². The minimum Gasteiger partial charge on any atom is -0.496 e. The Bertz CT molecular complexity index is 628. The van der Waals surface area contributed by atoms with Crippen molar-refractivity contribution < 1.29 is 13.5 Å². The molecule has 6 heteroatoms. The lowest BCUT2D eigenvalue weighted by Gasteiger charge is -2.03. The summed E-state index contributed by atoms with van der Waals surface area (Å²) in [4.78, 5) is 24.2. The fraction of sp³-hybridized carbons (Fsp3) is 0.111. The first kappa shape index (κ1) is 9.45. The number of ether oxygens (including phenoxy) is 1. The molecule has 2 aromatic rings. The molecule has 0 aliphatic heterocycles. The predicted molar refractivity (Wildman–Crippen MR) is 49.6 cm³/mol. The van der Waals surface area contributed by atoms with Crippen molar-refractivity contribution >= 4 is 10.9 Å². The van der Waals surface area contributed by atoms with Crippen LogP contribution in [0.15, 0.2) is 26.1 Å². The minimum atomic E-state index is -1.00. The first-order valence-electron chi connectivity index (χ1n) is 4.03. The Labute approximate surface area is 82.1 Å². The van der Waals surface area contributed by atoms with E-state index in [0.29, 0.717) is 0 Å². The topological polar surface area (TPSA) is 72.3 Å². The molecule has 1 aromatic heterocycles. The van der Waals surface area contributed by atoms with Gasteiger partial charge in [0.15, 0.2) is 0 Å². The molecule has 1 aromatic carbocycles. The second-order valence-electron chi connectivity index (χ2n) is 2.80. The molecule has 1 N–H and O–H groups in total. The third-order valence-corrected chi connectivity index (χ3v) is 1.95. The molecule has 0 aliphatic carbocycles. The van der Waals surface area contributed by atoms with E-state index >= 15 is 0 Å². The highest BCUT2D eigenvalue weighted by Crippen LogP contribution is 2.21. The Hall–Kier alpha value is -2.11. The van der Waals surface area contributed by atoms with Gasteiger partial charge in [-0.05, 0) is 12.1 Å². The van der Waals surface area contributed by atoms with Crippen molar-refractivity contribution in [3.8, 4) is 5.75 Å². The Morgan fingerprint density at radius 3 is 2.80 bits per heavy atom. The third-order valence-electron chi connectivity index (χ3n) is 1.95. The molecule has 1 heterocycles. The summed E-state index contributed by atoms with van der Waals surface area (Å²) >= 11 is 0. The number of hydrogen-bond acceptors (Lipinski definition) is 4. The maximum absolute atomic E-state index is 13.3. The van der Waals surface area contributed by atoms with E-state index in [2.05, 4.69) is 9.40 Å². The maximum Gasteiger partial charge on any atom is 0.419 e. The van der Waals surface area contributed by atoms with Gasteiger partial charge in [-0.1, -0.05) is 0 Å². The average molecular weight is 211 g/mol. The van der Waals surface area contributed by atoms with Crippen LogP contribution in [0, 0.1) is 5.82 Å². The van der Waals surface area contributed by atoms with Crippen LogP contribution < -0.4 is 16.1 Å². The SMILES string of the molecule is COc1ccc(F)c2[nH]c(=O)oc(=O)c12. The van der Waals surface area contributed by atoms with Gasteiger partial charge in [0.2, 0.25) is 0 Å². The molecule has 0 spiro atoms. The molecule has 15 heavy (non-hydrogen) atoms. The summed E-state index contributed by atoms with van der Waals surface area (Å²) in [5, 5.41) is -0.114. The monoisotopic (exact) mass is 211 g/mol. The van der Waals surface area contributed by atoms with E-state index in [0.717, 1.165) is 6.07 Å². The molecule has 0 amide bonds. The molecule has 0 fully saturated rings. The molecule has 0 bridgehead atoms. The molecular formula is C9H6FNO4. The second-order valence-corrected chi connectivity index (χ2v) is 2.80. The standard InChI is InChI=1S/C9H6FNO4/c1-14-5-3-2-4(10)7-6(5)8(12)15-9(13)11-7/h2-3H,1H3,(H,11,13). The van der Waals surface area contributed by atoms with Crippen molar-refractivity contribution in [1.29, 1.82) is 0 Å². The molecule has 2 rings (SSSR count). The first-order chi connectivity index (χ1) is 7.13. The number of aromatic amines is 1. The molecule has 5 nitrogen and oxygen atoms in total. The largest absolute Gasteiger partial charge is 0.496 e. The highest BCUT2D eigenvalue weighted by atomic mass is 19.1. The number of hydrogen-bond donors (Lipinski definition) is 1. The van der Waals surface area contributed by atoms with Crippen LogP contribution in [0.3, 0.4) is 0 Å². The number of aromatic nitrogens is 1. The van der Waals surface area contributed by atoms with Crippen LogP contribution in [0.1, 0.15) is 0 Å². The summed E-state index contributed by atoms with van der Waals surface area (Å²) in [6.45, 7) is 0. The molecule has 0 atom stereocenters. The van der Waals surface area contributed by atoms with E-state index < -0.39 is 17.2 Å². The predicted octanol–water partition coefficient (Wildman–Crippen LogP) is 0.629. The zero-order valence-corrected chi connectivity index (χ0v) is 7.67. The van der Waals surface area contributed by atoms with Crippen LogP contribution in [-0.2, 0) is 0 Å². The van der Waals surface area contributed by atoms with Crippen LogP contribution >= 0.6 is 0 Å². The van der Waals surface area contributed by atoms with Crippen LogP contribution in [0.4, 0.5) is 4.39 Å². The van der Waals surface area contributed by atoms with Crippen LogP contribution in [0.2, 0.25) is 0 Å². The van der Waals surface area contributed by atoms with Gasteiger partial charge in [0.25, 0.3) is 0 Å². The number of H-pyrrole nitrogens is 1. The molecule has 0 aliphatic rings. The summed E-state index contributed by atoms with van der Waals surface area (Å²) in [6, 6.07) is 2.38. The average Bonchev–Trinajstić information content (AvgIpc) is 2.19. The smallest absolute Gasteiger partial charge is 0.419 e. The van der Waals surface area contributed by atoms with Crippen molar-refractivity contribution in [2.24, 2.45) is 0 Å². The summed E-state index contributed by atoms with van der Waals surface area (Å²) < 4.78 is 22.4. The number of rotatable bonds is 1.